The summed E-state index contributed by atoms with van der Waals surface area (Å²) in [6.45, 7) is 4.16. The van der Waals surface area contributed by atoms with Gasteiger partial charge in [-0.15, -0.1) is 0 Å². The van der Waals surface area contributed by atoms with Crippen molar-refractivity contribution in [2.24, 2.45) is 0 Å². The highest BCUT2D eigenvalue weighted by atomic mass is 79.9. The molecule has 0 bridgehead atoms. The van der Waals surface area contributed by atoms with Crippen LogP contribution in [-0.2, 0) is 0 Å². The second-order valence-corrected chi connectivity index (χ2v) is 5.94. The molecule has 0 saturated carbocycles. The molecule has 96 valence electrons. The molecule has 1 N–H and O–H groups in total. The van der Waals surface area contributed by atoms with Crippen LogP contribution in [0, 0.1) is 18.6 Å². The Kier molecular flexibility index (Phi) is 3.03. The minimum atomic E-state index is 0.658. The summed E-state index contributed by atoms with van der Waals surface area (Å²) in [6, 6.07) is 8.35. The van der Waals surface area contributed by atoms with E-state index in [9.17, 15) is 0 Å². The normalized spacial score (nSPS) is 11.1. The van der Waals surface area contributed by atoms with Crippen molar-refractivity contribution < 1.29 is 0 Å². The number of halogens is 1. The van der Waals surface area contributed by atoms with E-state index in [2.05, 4.69) is 57.9 Å². The fourth-order valence-electron chi connectivity index (χ4n) is 2.29. The van der Waals surface area contributed by atoms with E-state index in [1.165, 1.54) is 11.1 Å². The van der Waals surface area contributed by atoms with Gasteiger partial charge in [0.05, 0.1) is 11.2 Å². The highest BCUT2D eigenvalue weighted by Crippen LogP contribution is 2.22. The summed E-state index contributed by atoms with van der Waals surface area (Å²) in [5.74, 6) is 0. The first-order chi connectivity index (χ1) is 9.04. The van der Waals surface area contributed by atoms with Crippen LogP contribution in [0.5, 0.6) is 0 Å². The van der Waals surface area contributed by atoms with Crippen molar-refractivity contribution in [1.29, 1.82) is 0 Å². The van der Waals surface area contributed by atoms with Gasteiger partial charge in [0.2, 0.25) is 0 Å². The molecule has 0 radical (unpaired) electrons. The van der Waals surface area contributed by atoms with E-state index in [0.717, 1.165) is 21.3 Å². The SMILES string of the molecule is Cc1cc(C)cc(-n2c(=S)[nH]c3cc(Br)cnc32)c1. The van der Waals surface area contributed by atoms with Crippen molar-refractivity contribution in [3.05, 3.63) is 50.8 Å². The Hall–Kier alpha value is -1.46. The summed E-state index contributed by atoms with van der Waals surface area (Å²) in [5, 5.41) is 0. The van der Waals surface area contributed by atoms with Gasteiger partial charge in [0.15, 0.2) is 10.4 Å². The lowest BCUT2D eigenvalue weighted by molar-refractivity contribution is 1.04. The topological polar surface area (TPSA) is 33.6 Å². The summed E-state index contributed by atoms with van der Waals surface area (Å²) in [6.07, 6.45) is 1.78. The summed E-state index contributed by atoms with van der Waals surface area (Å²) in [7, 11) is 0. The van der Waals surface area contributed by atoms with Crippen LogP contribution in [0.15, 0.2) is 34.9 Å². The number of benzene rings is 1. The molecule has 0 saturated heterocycles. The maximum atomic E-state index is 5.42. The van der Waals surface area contributed by atoms with Crippen LogP contribution in [0.1, 0.15) is 11.1 Å². The van der Waals surface area contributed by atoms with Crippen LogP contribution in [0.3, 0.4) is 0 Å². The van der Waals surface area contributed by atoms with E-state index in [4.69, 9.17) is 12.2 Å². The number of pyridine rings is 1. The molecule has 3 aromatic rings. The van der Waals surface area contributed by atoms with Gasteiger partial charge in [-0.3, -0.25) is 4.57 Å². The third-order valence-corrected chi connectivity index (χ3v) is 3.67. The van der Waals surface area contributed by atoms with Crippen LogP contribution in [0.2, 0.25) is 0 Å². The smallest absolute Gasteiger partial charge is 0.183 e. The number of H-pyrrole nitrogens is 1. The Labute approximate surface area is 124 Å². The minimum absolute atomic E-state index is 0.658. The minimum Gasteiger partial charge on any atom is -0.329 e. The van der Waals surface area contributed by atoms with E-state index >= 15 is 0 Å². The van der Waals surface area contributed by atoms with Gasteiger partial charge in [0, 0.05) is 10.7 Å². The fraction of sp³-hybridized carbons (Fsp3) is 0.143. The monoisotopic (exact) mass is 333 g/mol. The molecule has 0 aliphatic rings. The van der Waals surface area contributed by atoms with Gasteiger partial charge < -0.3 is 4.98 Å². The number of hydrogen-bond donors (Lipinski definition) is 1. The van der Waals surface area contributed by atoms with Gasteiger partial charge in [-0.2, -0.15) is 0 Å². The number of fused-ring (bicyclic) bond motifs is 1. The Bertz CT molecular complexity index is 812. The molecular formula is C14H12BrN3S. The van der Waals surface area contributed by atoms with Crippen LogP contribution in [0.25, 0.3) is 16.9 Å². The summed E-state index contributed by atoms with van der Waals surface area (Å²) in [4.78, 5) is 7.65. The molecule has 0 spiro atoms. The quantitative estimate of drug-likeness (QED) is 0.667. The van der Waals surface area contributed by atoms with E-state index in [-0.39, 0.29) is 0 Å². The molecule has 3 rings (SSSR count). The molecule has 1 aromatic carbocycles. The van der Waals surface area contributed by atoms with Gasteiger partial charge >= 0.3 is 0 Å². The largest absolute Gasteiger partial charge is 0.329 e. The zero-order valence-electron chi connectivity index (χ0n) is 10.6. The van der Waals surface area contributed by atoms with Crippen molar-refractivity contribution in [2.75, 3.05) is 0 Å². The van der Waals surface area contributed by atoms with Crippen molar-refractivity contribution in [3.63, 3.8) is 0 Å². The predicted octanol–water partition coefficient (Wildman–Crippen LogP) is 4.46. The fourth-order valence-corrected chi connectivity index (χ4v) is 2.92. The molecule has 3 nitrogen and oxygen atoms in total. The standard InChI is InChI=1S/C14H12BrN3S/c1-8-3-9(2)5-11(4-8)18-13-12(17-14(18)19)6-10(15)7-16-13/h3-7H,1-2H3,(H,17,19). The lowest BCUT2D eigenvalue weighted by Crippen LogP contribution is -1.96. The number of aryl methyl sites for hydroxylation is 2. The molecule has 2 heterocycles. The Balaban J connectivity index is 2.36. The molecule has 0 unspecified atom stereocenters. The lowest BCUT2D eigenvalue weighted by atomic mass is 10.1. The molecule has 0 aliphatic heterocycles. The van der Waals surface area contributed by atoms with E-state index in [0.29, 0.717) is 4.77 Å². The number of nitrogens with zero attached hydrogens (tertiary/aromatic N) is 2. The first kappa shape index (κ1) is 12.6. The zero-order chi connectivity index (χ0) is 13.6. The van der Waals surface area contributed by atoms with Crippen LogP contribution < -0.4 is 0 Å². The third-order valence-electron chi connectivity index (χ3n) is 2.95. The van der Waals surface area contributed by atoms with Crippen LogP contribution in [-0.4, -0.2) is 14.5 Å². The van der Waals surface area contributed by atoms with Crippen molar-refractivity contribution in [3.8, 4) is 5.69 Å². The van der Waals surface area contributed by atoms with Crippen LogP contribution >= 0.6 is 28.1 Å². The second kappa shape index (κ2) is 4.58. The van der Waals surface area contributed by atoms with E-state index in [1.807, 2.05) is 10.6 Å². The first-order valence-corrected chi connectivity index (χ1v) is 7.10. The number of imidazole rings is 1. The number of aromatic nitrogens is 3. The highest BCUT2D eigenvalue weighted by Gasteiger charge is 2.09. The Morgan fingerprint density at radius 2 is 1.84 bits per heavy atom. The van der Waals surface area contributed by atoms with Gasteiger partial charge in [0.1, 0.15) is 0 Å². The molecule has 0 fully saturated rings. The summed E-state index contributed by atoms with van der Waals surface area (Å²) < 4.78 is 3.56. The van der Waals surface area contributed by atoms with E-state index in [1.54, 1.807) is 6.20 Å². The second-order valence-electron chi connectivity index (χ2n) is 4.64. The highest BCUT2D eigenvalue weighted by molar-refractivity contribution is 9.10. The van der Waals surface area contributed by atoms with Crippen molar-refractivity contribution in [1.82, 2.24) is 14.5 Å². The summed E-state index contributed by atoms with van der Waals surface area (Å²) in [5.41, 5.74) is 5.24. The van der Waals surface area contributed by atoms with Gasteiger partial charge in [-0.1, -0.05) is 6.07 Å². The lowest BCUT2D eigenvalue weighted by Gasteiger charge is -2.06. The van der Waals surface area contributed by atoms with Gasteiger partial charge in [-0.05, 0) is 71.3 Å². The molecule has 5 heteroatoms. The molecule has 19 heavy (non-hydrogen) atoms. The van der Waals surface area contributed by atoms with Gasteiger partial charge in [-0.25, -0.2) is 4.98 Å². The number of nitrogens with one attached hydrogen (secondary N) is 1. The zero-order valence-corrected chi connectivity index (χ0v) is 13.0. The Morgan fingerprint density at radius 3 is 2.53 bits per heavy atom. The Morgan fingerprint density at radius 1 is 1.16 bits per heavy atom. The summed E-state index contributed by atoms with van der Waals surface area (Å²) >= 11 is 8.84. The maximum absolute atomic E-state index is 5.42. The van der Waals surface area contributed by atoms with Gasteiger partial charge in [0.25, 0.3) is 0 Å². The molecule has 0 aliphatic carbocycles. The molecule has 0 amide bonds. The first-order valence-electron chi connectivity index (χ1n) is 5.89. The number of aromatic amines is 1. The maximum Gasteiger partial charge on any atom is 0.183 e. The number of hydrogen-bond acceptors (Lipinski definition) is 2. The average Bonchev–Trinajstić information content (AvgIpc) is 2.62. The van der Waals surface area contributed by atoms with Crippen molar-refractivity contribution in [2.45, 2.75) is 13.8 Å². The average molecular weight is 334 g/mol. The van der Waals surface area contributed by atoms with Crippen LogP contribution in [0.4, 0.5) is 0 Å². The molecular weight excluding hydrogens is 322 g/mol. The third kappa shape index (κ3) is 2.24. The number of rotatable bonds is 1. The van der Waals surface area contributed by atoms with E-state index < -0.39 is 0 Å². The van der Waals surface area contributed by atoms with Crippen molar-refractivity contribution >= 4 is 39.3 Å². The predicted molar refractivity (Wildman–Crippen MR) is 83.4 cm³/mol. The molecule has 2 aromatic heterocycles. The molecule has 0 atom stereocenters.